The Kier molecular flexibility index (Phi) is 6.29. The molecule has 0 bridgehead atoms. The molecule has 0 radical (unpaired) electrons. The van der Waals surface area contributed by atoms with Crippen molar-refractivity contribution < 1.29 is 4.79 Å². The molecule has 0 spiro atoms. The van der Waals surface area contributed by atoms with Crippen LogP contribution in [0.25, 0.3) is 0 Å². The Bertz CT molecular complexity index is 629. The third kappa shape index (κ3) is 4.40. The summed E-state index contributed by atoms with van der Waals surface area (Å²) < 4.78 is 0. The average Bonchev–Trinajstić information content (AvgIpc) is 2.79. The van der Waals surface area contributed by atoms with Crippen molar-refractivity contribution in [1.82, 2.24) is 20.0 Å². The van der Waals surface area contributed by atoms with Crippen molar-refractivity contribution in [3.63, 3.8) is 0 Å². The highest BCUT2D eigenvalue weighted by Crippen LogP contribution is 2.25. The molecule has 0 unspecified atom stereocenters. The molecule has 1 aromatic heterocycles. The number of nitrogens with zero attached hydrogens (tertiary/aromatic N) is 6. The lowest BCUT2D eigenvalue weighted by atomic mass is 9.94. The Morgan fingerprint density at radius 1 is 0.857 bits per heavy atom. The van der Waals surface area contributed by atoms with Gasteiger partial charge in [-0.1, -0.05) is 6.92 Å². The summed E-state index contributed by atoms with van der Waals surface area (Å²) in [5, 5.41) is 9.00. The lowest BCUT2D eigenvalue weighted by Gasteiger charge is -2.36. The van der Waals surface area contributed by atoms with E-state index in [0.29, 0.717) is 5.91 Å². The molecule has 0 aliphatic carbocycles. The molecule has 0 N–H and O–H groups in total. The number of hydrogen-bond donors (Lipinski definition) is 0. The molecule has 0 aromatic carbocycles. The van der Waals surface area contributed by atoms with Crippen molar-refractivity contribution in [2.24, 2.45) is 5.92 Å². The summed E-state index contributed by atoms with van der Waals surface area (Å²) in [6, 6.07) is 4.20. The lowest BCUT2D eigenvalue weighted by molar-refractivity contribution is -0.137. The van der Waals surface area contributed by atoms with Gasteiger partial charge >= 0.3 is 0 Å². The number of carbonyl (C=O) groups is 1. The van der Waals surface area contributed by atoms with Crippen LogP contribution in [-0.4, -0.2) is 84.8 Å². The molecule has 3 saturated heterocycles. The van der Waals surface area contributed by atoms with Crippen molar-refractivity contribution in [3.8, 4) is 0 Å². The van der Waals surface area contributed by atoms with Crippen LogP contribution in [0.1, 0.15) is 39.0 Å². The van der Waals surface area contributed by atoms with E-state index in [-0.39, 0.29) is 5.92 Å². The Labute approximate surface area is 168 Å². The van der Waals surface area contributed by atoms with Gasteiger partial charge in [0.05, 0.1) is 0 Å². The third-order valence-corrected chi connectivity index (χ3v) is 6.62. The summed E-state index contributed by atoms with van der Waals surface area (Å²) in [6.07, 6.45) is 5.46. The monoisotopic (exact) mass is 386 g/mol. The number of likely N-dealkylation sites (tertiary alicyclic amines) is 1. The van der Waals surface area contributed by atoms with Crippen LogP contribution in [0.5, 0.6) is 0 Å². The minimum absolute atomic E-state index is 0.191. The second-order valence-electron chi connectivity index (χ2n) is 8.32. The number of likely N-dealkylation sites (N-methyl/N-ethyl adjacent to an activating group) is 1. The van der Waals surface area contributed by atoms with E-state index in [1.807, 2.05) is 0 Å². The second-order valence-corrected chi connectivity index (χ2v) is 8.32. The number of amides is 1. The largest absolute Gasteiger partial charge is 0.355 e. The molecule has 3 aliphatic rings. The van der Waals surface area contributed by atoms with Crippen molar-refractivity contribution >= 4 is 17.5 Å². The zero-order valence-electron chi connectivity index (χ0n) is 17.2. The molecule has 3 aliphatic heterocycles. The molecular weight excluding hydrogens is 352 g/mol. The molecule has 7 heteroatoms. The number of piperidine rings is 2. The number of hydrogen-bond acceptors (Lipinski definition) is 6. The minimum Gasteiger partial charge on any atom is -0.355 e. The number of piperazine rings is 1. The average molecular weight is 387 g/mol. The molecule has 0 saturated carbocycles. The highest BCUT2D eigenvalue weighted by atomic mass is 16.2. The van der Waals surface area contributed by atoms with Gasteiger partial charge in [0, 0.05) is 58.3 Å². The van der Waals surface area contributed by atoms with E-state index in [2.05, 4.69) is 48.9 Å². The first-order valence-corrected chi connectivity index (χ1v) is 11.1. The predicted octanol–water partition coefficient (Wildman–Crippen LogP) is 1.85. The second kappa shape index (κ2) is 9.07. The number of carbonyl (C=O) groups excluding carboxylic acids is 1. The van der Waals surface area contributed by atoms with E-state index in [4.69, 9.17) is 0 Å². The molecule has 0 atom stereocenters. The van der Waals surface area contributed by atoms with Gasteiger partial charge in [0.25, 0.3) is 0 Å². The zero-order chi connectivity index (χ0) is 19.3. The maximum atomic E-state index is 12.7. The van der Waals surface area contributed by atoms with Gasteiger partial charge in [-0.3, -0.25) is 4.79 Å². The Morgan fingerprint density at radius 3 is 1.96 bits per heavy atom. The van der Waals surface area contributed by atoms with E-state index >= 15 is 0 Å². The van der Waals surface area contributed by atoms with E-state index in [1.54, 1.807) is 0 Å². The third-order valence-electron chi connectivity index (χ3n) is 6.62. The molecule has 1 amide bonds. The molecule has 154 valence electrons. The van der Waals surface area contributed by atoms with E-state index in [9.17, 15) is 4.79 Å². The minimum atomic E-state index is 0.191. The number of aromatic nitrogens is 2. The van der Waals surface area contributed by atoms with Crippen LogP contribution >= 0.6 is 0 Å². The summed E-state index contributed by atoms with van der Waals surface area (Å²) in [5.74, 6) is 2.50. The molecule has 28 heavy (non-hydrogen) atoms. The molecule has 7 nitrogen and oxygen atoms in total. The summed E-state index contributed by atoms with van der Waals surface area (Å²) in [4.78, 5) is 21.9. The van der Waals surface area contributed by atoms with E-state index in [1.165, 1.54) is 19.3 Å². The smallest absolute Gasteiger partial charge is 0.225 e. The lowest BCUT2D eigenvalue weighted by Crippen LogP contribution is -2.46. The first-order chi connectivity index (χ1) is 13.7. The van der Waals surface area contributed by atoms with Gasteiger partial charge in [0.2, 0.25) is 5.91 Å². The summed E-state index contributed by atoms with van der Waals surface area (Å²) in [7, 11) is 0. The SMILES string of the molecule is CCN1CCN(c2ccc(N3CCC(C(=O)N4CCCCC4)CC3)nn2)CC1. The van der Waals surface area contributed by atoms with Gasteiger partial charge in [0.1, 0.15) is 0 Å². The fourth-order valence-corrected chi connectivity index (χ4v) is 4.68. The van der Waals surface area contributed by atoms with Crippen LogP contribution in [0.15, 0.2) is 12.1 Å². The Balaban J connectivity index is 1.28. The van der Waals surface area contributed by atoms with Crippen LogP contribution < -0.4 is 9.80 Å². The molecule has 3 fully saturated rings. The van der Waals surface area contributed by atoms with Gasteiger partial charge in [-0.05, 0) is 50.8 Å². The number of rotatable bonds is 4. The van der Waals surface area contributed by atoms with E-state index < -0.39 is 0 Å². The first kappa shape index (κ1) is 19.4. The summed E-state index contributed by atoms with van der Waals surface area (Å²) in [5.41, 5.74) is 0. The summed E-state index contributed by atoms with van der Waals surface area (Å²) >= 11 is 0. The quantitative estimate of drug-likeness (QED) is 0.787. The van der Waals surface area contributed by atoms with Crippen molar-refractivity contribution in [1.29, 1.82) is 0 Å². The Morgan fingerprint density at radius 2 is 1.43 bits per heavy atom. The topological polar surface area (TPSA) is 55.8 Å². The maximum absolute atomic E-state index is 12.7. The van der Waals surface area contributed by atoms with Crippen molar-refractivity contribution in [2.45, 2.75) is 39.0 Å². The van der Waals surface area contributed by atoms with Gasteiger partial charge in [-0.2, -0.15) is 0 Å². The number of anilines is 2. The van der Waals surface area contributed by atoms with E-state index in [0.717, 1.165) is 83.4 Å². The maximum Gasteiger partial charge on any atom is 0.225 e. The summed E-state index contributed by atoms with van der Waals surface area (Å²) in [6.45, 7) is 11.3. The van der Waals surface area contributed by atoms with Gasteiger partial charge in [-0.15, -0.1) is 10.2 Å². The zero-order valence-corrected chi connectivity index (χ0v) is 17.2. The fraction of sp³-hybridized carbons (Fsp3) is 0.762. The van der Waals surface area contributed by atoms with Crippen molar-refractivity contribution in [2.75, 3.05) is 68.7 Å². The normalized spacial score (nSPS) is 22.5. The van der Waals surface area contributed by atoms with Gasteiger partial charge in [0.15, 0.2) is 11.6 Å². The van der Waals surface area contributed by atoms with Crippen molar-refractivity contribution in [3.05, 3.63) is 12.1 Å². The fourth-order valence-electron chi connectivity index (χ4n) is 4.68. The Hall–Kier alpha value is -1.89. The van der Waals surface area contributed by atoms with Gasteiger partial charge in [-0.25, -0.2) is 0 Å². The van der Waals surface area contributed by atoms with Gasteiger partial charge < -0.3 is 19.6 Å². The van der Waals surface area contributed by atoms with Crippen LogP contribution in [0, 0.1) is 5.92 Å². The standard InChI is InChI=1S/C21H34N6O/c1-2-24-14-16-26(17-15-24)20-7-6-19(22-23-20)25-12-8-18(9-13-25)21(28)27-10-4-3-5-11-27/h6-7,18H,2-5,8-17H2,1H3. The first-order valence-electron chi connectivity index (χ1n) is 11.1. The molecular formula is C21H34N6O. The highest BCUT2D eigenvalue weighted by Gasteiger charge is 2.29. The molecule has 1 aromatic rings. The van der Waals surface area contributed by atoms with Crippen LogP contribution in [0.4, 0.5) is 11.6 Å². The van der Waals surface area contributed by atoms with Crippen LogP contribution in [0.3, 0.4) is 0 Å². The molecule has 4 rings (SSSR count). The highest BCUT2D eigenvalue weighted by molar-refractivity contribution is 5.79. The van der Waals surface area contributed by atoms with Crippen LogP contribution in [-0.2, 0) is 4.79 Å². The van der Waals surface area contributed by atoms with Crippen LogP contribution in [0.2, 0.25) is 0 Å². The molecule has 4 heterocycles. The predicted molar refractivity (Wildman–Crippen MR) is 112 cm³/mol.